The Bertz CT molecular complexity index is 396. The summed E-state index contributed by atoms with van der Waals surface area (Å²) < 4.78 is 5.41. The Balaban J connectivity index is 1.94. The molecule has 1 aromatic rings. The zero-order chi connectivity index (χ0) is 11.4. The van der Waals surface area contributed by atoms with Gasteiger partial charge in [0.15, 0.2) is 0 Å². The molecule has 0 bridgehead atoms. The van der Waals surface area contributed by atoms with Gasteiger partial charge in [0.05, 0.1) is 13.2 Å². The van der Waals surface area contributed by atoms with Gasteiger partial charge < -0.3 is 10.1 Å². The molecular weight excluding hydrogens is 198 g/mol. The monoisotopic (exact) mass is 217 g/mol. The van der Waals surface area contributed by atoms with Crippen LogP contribution in [0, 0.1) is 13.8 Å². The Morgan fingerprint density at radius 3 is 2.81 bits per heavy atom. The van der Waals surface area contributed by atoms with Crippen molar-refractivity contribution in [3.8, 4) is 0 Å². The molecule has 0 saturated carbocycles. The van der Waals surface area contributed by atoms with E-state index in [0.717, 1.165) is 26.2 Å². The molecule has 16 heavy (non-hydrogen) atoms. The standard InChI is InChI=1S/C14H19NO/c1-11-5-6-14(8-12(11)2)15-9-13-4-3-7-16-10-13/h4-6,8,15H,3,7,9-10H2,1-2H3. The maximum Gasteiger partial charge on any atom is 0.0693 e. The fourth-order valence-electron chi connectivity index (χ4n) is 1.80. The lowest BCUT2D eigenvalue weighted by atomic mass is 10.1. The van der Waals surface area contributed by atoms with Crippen molar-refractivity contribution in [1.29, 1.82) is 0 Å². The lowest BCUT2D eigenvalue weighted by molar-refractivity contribution is 0.150. The number of benzene rings is 1. The summed E-state index contributed by atoms with van der Waals surface area (Å²) in [6, 6.07) is 6.48. The third kappa shape index (κ3) is 2.86. The van der Waals surface area contributed by atoms with E-state index in [1.165, 1.54) is 22.4 Å². The van der Waals surface area contributed by atoms with E-state index in [-0.39, 0.29) is 0 Å². The third-order valence-electron chi connectivity index (χ3n) is 3.01. The Morgan fingerprint density at radius 1 is 1.25 bits per heavy atom. The summed E-state index contributed by atoms with van der Waals surface area (Å²) in [7, 11) is 0. The predicted molar refractivity (Wildman–Crippen MR) is 67.9 cm³/mol. The van der Waals surface area contributed by atoms with Crippen molar-refractivity contribution in [2.75, 3.05) is 25.1 Å². The van der Waals surface area contributed by atoms with E-state index in [1.54, 1.807) is 0 Å². The number of aryl methyl sites for hydroxylation is 2. The van der Waals surface area contributed by atoms with Gasteiger partial charge >= 0.3 is 0 Å². The molecule has 2 heteroatoms. The highest BCUT2D eigenvalue weighted by Gasteiger charge is 2.03. The second kappa shape index (κ2) is 5.17. The number of hydrogen-bond acceptors (Lipinski definition) is 2. The first-order chi connectivity index (χ1) is 7.75. The van der Waals surface area contributed by atoms with Crippen molar-refractivity contribution in [1.82, 2.24) is 0 Å². The number of anilines is 1. The quantitative estimate of drug-likeness (QED) is 0.786. The van der Waals surface area contributed by atoms with Crippen LogP contribution in [0.1, 0.15) is 17.5 Å². The van der Waals surface area contributed by atoms with Crippen LogP contribution >= 0.6 is 0 Å². The molecule has 1 heterocycles. The average molecular weight is 217 g/mol. The molecule has 0 fully saturated rings. The number of ether oxygens (including phenoxy) is 1. The molecule has 1 N–H and O–H groups in total. The largest absolute Gasteiger partial charge is 0.381 e. The normalized spacial score (nSPS) is 15.8. The first-order valence-corrected chi connectivity index (χ1v) is 5.82. The zero-order valence-corrected chi connectivity index (χ0v) is 10.0. The van der Waals surface area contributed by atoms with Crippen LogP contribution in [0.25, 0.3) is 0 Å². The van der Waals surface area contributed by atoms with Crippen LogP contribution in [0.5, 0.6) is 0 Å². The lowest BCUT2D eigenvalue weighted by Crippen LogP contribution is -2.14. The molecule has 0 unspecified atom stereocenters. The highest BCUT2D eigenvalue weighted by molar-refractivity contribution is 5.48. The molecule has 0 atom stereocenters. The summed E-state index contributed by atoms with van der Waals surface area (Å²) in [6.45, 7) is 6.81. The molecule has 0 saturated heterocycles. The van der Waals surface area contributed by atoms with Gasteiger partial charge in [-0.3, -0.25) is 0 Å². The highest BCUT2D eigenvalue weighted by atomic mass is 16.5. The number of hydrogen-bond donors (Lipinski definition) is 1. The molecule has 0 aliphatic carbocycles. The SMILES string of the molecule is Cc1ccc(NCC2=CCCOC2)cc1C. The van der Waals surface area contributed by atoms with Crippen LogP contribution in [-0.2, 0) is 4.74 Å². The fraction of sp³-hybridized carbons (Fsp3) is 0.429. The second-order valence-corrected chi connectivity index (χ2v) is 4.36. The summed E-state index contributed by atoms with van der Waals surface area (Å²) >= 11 is 0. The molecule has 2 rings (SSSR count). The Morgan fingerprint density at radius 2 is 2.12 bits per heavy atom. The maximum absolute atomic E-state index is 5.41. The molecule has 1 aromatic carbocycles. The van der Waals surface area contributed by atoms with Crippen molar-refractivity contribution < 1.29 is 4.74 Å². The first-order valence-electron chi connectivity index (χ1n) is 5.82. The Labute approximate surface area is 97.3 Å². The van der Waals surface area contributed by atoms with Crippen molar-refractivity contribution in [3.63, 3.8) is 0 Å². The smallest absolute Gasteiger partial charge is 0.0693 e. The molecule has 1 aliphatic heterocycles. The molecule has 0 amide bonds. The molecule has 2 nitrogen and oxygen atoms in total. The molecular formula is C14H19NO. The number of rotatable bonds is 3. The van der Waals surface area contributed by atoms with Crippen LogP contribution < -0.4 is 5.32 Å². The Hall–Kier alpha value is -1.28. The molecule has 0 spiro atoms. The lowest BCUT2D eigenvalue weighted by Gasteiger charge is -2.15. The third-order valence-corrected chi connectivity index (χ3v) is 3.01. The van der Waals surface area contributed by atoms with Gasteiger partial charge in [-0.25, -0.2) is 0 Å². The average Bonchev–Trinajstić information content (AvgIpc) is 2.32. The second-order valence-electron chi connectivity index (χ2n) is 4.36. The van der Waals surface area contributed by atoms with Gasteiger partial charge in [-0.15, -0.1) is 0 Å². The van der Waals surface area contributed by atoms with Crippen molar-refractivity contribution in [2.45, 2.75) is 20.3 Å². The summed E-state index contributed by atoms with van der Waals surface area (Å²) in [5.41, 5.74) is 5.21. The van der Waals surface area contributed by atoms with E-state index >= 15 is 0 Å². The molecule has 0 radical (unpaired) electrons. The van der Waals surface area contributed by atoms with Crippen molar-refractivity contribution in [3.05, 3.63) is 41.0 Å². The number of nitrogens with one attached hydrogen (secondary N) is 1. The van der Waals surface area contributed by atoms with Crippen LogP contribution in [0.4, 0.5) is 5.69 Å². The van der Waals surface area contributed by atoms with Gasteiger partial charge in [0.1, 0.15) is 0 Å². The Kier molecular flexibility index (Phi) is 3.62. The predicted octanol–water partition coefficient (Wildman–Crippen LogP) is 3.06. The molecule has 1 aliphatic rings. The minimum absolute atomic E-state index is 0.776. The van der Waals surface area contributed by atoms with Crippen LogP contribution in [0.3, 0.4) is 0 Å². The van der Waals surface area contributed by atoms with E-state index in [4.69, 9.17) is 4.74 Å². The van der Waals surface area contributed by atoms with Gasteiger partial charge in [-0.1, -0.05) is 12.1 Å². The zero-order valence-electron chi connectivity index (χ0n) is 10.0. The topological polar surface area (TPSA) is 21.3 Å². The van der Waals surface area contributed by atoms with Gasteiger partial charge in [-0.05, 0) is 49.1 Å². The van der Waals surface area contributed by atoms with Crippen LogP contribution in [0.2, 0.25) is 0 Å². The highest BCUT2D eigenvalue weighted by Crippen LogP contribution is 2.15. The van der Waals surface area contributed by atoms with Gasteiger partial charge in [0.2, 0.25) is 0 Å². The van der Waals surface area contributed by atoms with Gasteiger partial charge in [0, 0.05) is 12.2 Å². The van der Waals surface area contributed by atoms with Gasteiger partial charge in [-0.2, -0.15) is 0 Å². The summed E-state index contributed by atoms with van der Waals surface area (Å²) in [5, 5.41) is 3.43. The minimum atomic E-state index is 0.776. The summed E-state index contributed by atoms with van der Waals surface area (Å²) in [4.78, 5) is 0. The van der Waals surface area contributed by atoms with E-state index in [0.29, 0.717) is 0 Å². The van der Waals surface area contributed by atoms with Crippen molar-refractivity contribution in [2.24, 2.45) is 0 Å². The van der Waals surface area contributed by atoms with Crippen molar-refractivity contribution >= 4 is 5.69 Å². The van der Waals surface area contributed by atoms with Crippen LogP contribution in [0.15, 0.2) is 29.8 Å². The van der Waals surface area contributed by atoms with E-state index in [9.17, 15) is 0 Å². The van der Waals surface area contributed by atoms with E-state index in [1.807, 2.05) is 0 Å². The summed E-state index contributed by atoms with van der Waals surface area (Å²) in [5.74, 6) is 0. The maximum atomic E-state index is 5.41. The van der Waals surface area contributed by atoms with Gasteiger partial charge in [0.25, 0.3) is 0 Å². The fourth-order valence-corrected chi connectivity index (χ4v) is 1.80. The van der Waals surface area contributed by atoms with Crippen LogP contribution in [-0.4, -0.2) is 19.8 Å². The molecule has 0 aromatic heterocycles. The van der Waals surface area contributed by atoms with E-state index in [2.05, 4.69) is 43.4 Å². The van der Waals surface area contributed by atoms with E-state index < -0.39 is 0 Å². The summed E-state index contributed by atoms with van der Waals surface area (Å²) in [6.07, 6.45) is 3.32. The first kappa shape index (κ1) is 11.2. The molecule has 86 valence electrons. The minimum Gasteiger partial charge on any atom is -0.381 e.